The highest BCUT2D eigenvalue weighted by atomic mass is 35.5. The molecule has 0 bridgehead atoms. The van der Waals surface area contributed by atoms with Crippen LogP contribution in [0.25, 0.3) is 10.1 Å². The Morgan fingerprint density at radius 2 is 1.67 bits per heavy atom. The van der Waals surface area contributed by atoms with Gasteiger partial charge in [-0.25, -0.2) is 4.79 Å². The zero-order chi connectivity index (χ0) is 17.4. The Kier molecular flexibility index (Phi) is 4.72. The average molecular weight is 381 g/mol. The number of fused-ring (bicyclic) bond motifs is 1. The Balaban J connectivity index is 1.95. The zero-order valence-corrected chi connectivity index (χ0v) is 15.6. The molecular formula is C18H14Cl2O3S. The van der Waals surface area contributed by atoms with Gasteiger partial charge in [0.2, 0.25) is 0 Å². The summed E-state index contributed by atoms with van der Waals surface area (Å²) in [5.41, 5.74) is 1.71. The normalized spacial score (nSPS) is 10.9. The van der Waals surface area contributed by atoms with Gasteiger partial charge < -0.3 is 9.47 Å². The summed E-state index contributed by atoms with van der Waals surface area (Å²) in [6, 6.07) is 8.95. The SMILES string of the molecule is COc1ccc2c(Cl)c(C(=O)Oc3cc(C)c(Cl)c(C)c3)sc2c1. The van der Waals surface area contributed by atoms with Crippen LogP contribution >= 0.6 is 34.5 Å². The molecule has 6 heteroatoms. The minimum atomic E-state index is -0.485. The third kappa shape index (κ3) is 3.09. The molecule has 0 aliphatic rings. The molecular weight excluding hydrogens is 367 g/mol. The number of carbonyl (C=O) groups excluding carboxylic acids is 1. The maximum absolute atomic E-state index is 12.5. The van der Waals surface area contributed by atoms with Gasteiger partial charge in [-0.2, -0.15) is 0 Å². The number of aryl methyl sites for hydroxylation is 2. The van der Waals surface area contributed by atoms with E-state index in [9.17, 15) is 4.79 Å². The molecule has 0 saturated carbocycles. The molecule has 3 nitrogen and oxygen atoms in total. The lowest BCUT2D eigenvalue weighted by Gasteiger charge is -2.08. The fourth-order valence-electron chi connectivity index (χ4n) is 2.42. The van der Waals surface area contributed by atoms with Crippen molar-refractivity contribution in [2.24, 2.45) is 0 Å². The quantitative estimate of drug-likeness (QED) is 0.409. The molecule has 0 N–H and O–H groups in total. The molecule has 0 aliphatic heterocycles. The molecule has 1 heterocycles. The highest BCUT2D eigenvalue weighted by Gasteiger charge is 2.20. The van der Waals surface area contributed by atoms with Crippen LogP contribution in [-0.2, 0) is 0 Å². The standard InChI is InChI=1S/C18H14Cl2O3S/c1-9-6-12(7-10(2)15(9)19)23-18(21)17-16(20)13-5-4-11(22-3)8-14(13)24-17/h4-8H,1-3H3. The van der Waals surface area contributed by atoms with Crippen molar-refractivity contribution in [3.8, 4) is 11.5 Å². The van der Waals surface area contributed by atoms with Crippen LogP contribution < -0.4 is 9.47 Å². The van der Waals surface area contributed by atoms with Crippen LogP contribution in [0, 0.1) is 13.8 Å². The van der Waals surface area contributed by atoms with Gasteiger partial charge in [-0.1, -0.05) is 23.2 Å². The highest BCUT2D eigenvalue weighted by Crippen LogP contribution is 2.38. The monoisotopic (exact) mass is 380 g/mol. The van der Waals surface area contributed by atoms with Crippen molar-refractivity contribution >= 4 is 50.6 Å². The molecule has 3 aromatic rings. The summed E-state index contributed by atoms with van der Waals surface area (Å²) < 4.78 is 11.6. The topological polar surface area (TPSA) is 35.5 Å². The minimum Gasteiger partial charge on any atom is -0.497 e. The third-order valence-corrected chi connectivity index (χ3v) is 5.88. The van der Waals surface area contributed by atoms with E-state index in [1.165, 1.54) is 11.3 Å². The van der Waals surface area contributed by atoms with E-state index >= 15 is 0 Å². The van der Waals surface area contributed by atoms with Crippen molar-refractivity contribution in [1.29, 1.82) is 0 Å². The largest absolute Gasteiger partial charge is 0.497 e. The summed E-state index contributed by atoms with van der Waals surface area (Å²) in [5.74, 6) is 0.677. The fraction of sp³-hybridized carbons (Fsp3) is 0.167. The number of benzene rings is 2. The number of ether oxygens (including phenoxy) is 2. The van der Waals surface area contributed by atoms with Gasteiger partial charge in [0.25, 0.3) is 0 Å². The van der Waals surface area contributed by atoms with E-state index < -0.39 is 5.97 Å². The van der Waals surface area contributed by atoms with E-state index in [0.717, 1.165) is 21.2 Å². The van der Waals surface area contributed by atoms with E-state index in [1.54, 1.807) is 19.2 Å². The van der Waals surface area contributed by atoms with Gasteiger partial charge in [0.05, 0.1) is 12.1 Å². The summed E-state index contributed by atoms with van der Waals surface area (Å²) in [6.07, 6.45) is 0. The van der Waals surface area contributed by atoms with E-state index in [4.69, 9.17) is 32.7 Å². The van der Waals surface area contributed by atoms with E-state index in [1.807, 2.05) is 32.0 Å². The second-order valence-corrected chi connectivity index (χ2v) is 7.18. The lowest BCUT2D eigenvalue weighted by Crippen LogP contribution is -2.07. The van der Waals surface area contributed by atoms with Crippen molar-refractivity contribution in [2.75, 3.05) is 7.11 Å². The first-order valence-electron chi connectivity index (χ1n) is 7.15. The van der Waals surface area contributed by atoms with Gasteiger partial charge in [0.15, 0.2) is 0 Å². The van der Waals surface area contributed by atoms with Gasteiger partial charge in [0, 0.05) is 15.1 Å². The summed E-state index contributed by atoms with van der Waals surface area (Å²) in [4.78, 5) is 12.9. The Hall–Kier alpha value is -1.75. The number of rotatable bonds is 3. The molecule has 0 fully saturated rings. The maximum Gasteiger partial charge on any atom is 0.355 e. The molecule has 0 spiro atoms. The van der Waals surface area contributed by atoms with Crippen LogP contribution in [0.3, 0.4) is 0 Å². The number of methoxy groups -OCH3 is 1. The maximum atomic E-state index is 12.5. The second-order valence-electron chi connectivity index (χ2n) is 5.37. The fourth-order valence-corrected chi connectivity index (χ4v) is 3.94. The first-order chi connectivity index (χ1) is 11.4. The molecule has 0 unspecified atom stereocenters. The van der Waals surface area contributed by atoms with Crippen molar-refractivity contribution in [3.05, 3.63) is 56.4 Å². The van der Waals surface area contributed by atoms with E-state index in [0.29, 0.717) is 26.4 Å². The number of thiophene rings is 1. The van der Waals surface area contributed by atoms with Gasteiger partial charge in [0.1, 0.15) is 16.4 Å². The zero-order valence-electron chi connectivity index (χ0n) is 13.3. The van der Waals surface area contributed by atoms with Crippen molar-refractivity contribution in [3.63, 3.8) is 0 Å². The van der Waals surface area contributed by atoms with Gasteiger partial charge in [-0.3, -0.25) is 0 Å². The molecule has 0 radical (unpaired) electrons. The Bertz CT molecular complexity index is 924. The van der Waals surface area contributed by atoms with Crippen LogP contribution in [0.2, 0.25) is 10.0 Å². The van der Waals surface area contributed by atoms with Gasteiger partial charge in [-0.15, -0.1) is 11.3 Å². The van der Waals surface area contributed by atoms with Crippen molar-refractivity contribution in [2.45, 2.75) is 13.8 Å². The molecule has 3 rings (SSSR count). The summed E-state index contributed by atoms with van der Waals surface area (Å²) in [7, 11) is 1.59. The summed E-state index contributed by atoms with van der Waals surface area (Å²) >= 11 is 13.8. The number of hydrogen-bond acceptors (Lipinski definition) is 4. The Labute approximate surface area is 153 Å². The predicted octanol–water partition coefficient (Wildman–Crippen LogP) is 6.05. The first-order valence-corrected chi connectivity index (χ1v) is 8.73. The molecule has 2 aromatic carbocycles. The Morgan fingerprint density at radius 3 is 2.29 bits per heavy atom. The van der Waals surface area contributed by atoms with Crippen LogP contribution in [0.4, 0.5) is 0 Å². The van der Waals surface area contributed by atoms with Crippen LogP contribution in [0.1, 0.15) is 20.8 Å². The minimum absolute atomic E-state index is 0.366. The van der Waals surface area contributed by atoms with Crippen LogP contribution in [0.15, 0.2) is 30.3 Å². The highest BCUT2D eigenvalue weighted by molar-refractivity contribution is 7.21. The predicted molar refractivity (Wildman–Crippen MR) is 99.3 cm³/mol. The molecule has 24 heavy (non-hydrogen) atoms. The molecule has 0 atom stereocenters. The summed E-state index contributed by atoms with van der Waals surface area (Å²) in [5, 5.41) is 1.87. The molecule has 1 aromatic heterocycles. The average Bonchev–Trinajstić information content (AvgIpc) is 2.89. The van der Waals surface area contributed by atoms with E-state index in [2.05, 4.69) is 0 Å². The van der Waals surface area contributed by atoms with Crippen molar-refractivity contribution in [1.82, 2.24) is 0 Å². The smallest absolute Gasteiger partial charge is 0.355 e. The third-order valence-electron chi connectivity index (χ3n) is 3.64. The van der Waals surface area contributed by atoms with Gasteiger partial charge in [-0.05, 0) is 55.3 Å². The number of hydrogen-bond donors (Lipinski definition) is 0. The molecule has 0 aliphatic carbocycles. The number of halogens is 2. The first kappa shape index (κ1) is 17.1. The van der Waals surface area contributed by atoms with Crippen molar-refractivity contribution < 1.29 is 14.3 Å². The lowest BCUT2D eigenvalue weighted by atomic mass is 10.1. The molecule has 0 amide bonds. The van der Waals surface area contributed by atoms with E-state index in [-0.39, 0.29) is 0 Å². The molecule has 124 valence electrons. The molecule has 0 saturated heterocycles. The Morgan fingerprint density at radius 1 is 1.00 bits per heavy atom. The number of esters is 1. The van der Waals surface area contributed by atoms with Crippen LogP contribution in [0.5, 0.6) is 11.5 Å². The van der Waals surface area contributed by atoms with Gasteiger partial charge >= 0.3 is 5.97 Å². The lowest BCUT2D eigenvalue weighted by molar-refractivity contribution is 0.0740. The van der Waals surface area contributed by atoms with Crippen LogP contribution in [-0.4, -0.2) is 13.1 Å². The number of carbonyl (C=O) groups is 1. The summed E-state index contributed by atoms with van der Waals surface area (Å²) in [6.45, 7) is 3.73. The second kappa shape index (κ2) is 6.63.